The molecule has 0 radical (unpaired) electrons. The Hall–Kier alpha value is -2.11. The topological polar surface area (TPSA) is 49.4 Å². The summed E-state index contributed by atoms with van der Waals surface area (Å²) in [6, 6.07) is 11.1. The largest absolute Gasteiger partial charge is 0.352 e. The van der Waals surface area contributed by atoms with Gasteiger partial charge in [-0.3, -0.25) is 9.59 Å². The van der Waals surface area contributed by atoms with Gasteiger partial charge in [-0.1, -0.05) is 41.4 Å². The number of amides is 2. The van der Waals surface area contributed by atoms with Crippen LogP contribution in [0.1, 0.15) is 12.0 Å². The number of benzene rings is 2. The predicted molar refractivity (Wildman–Crippen MR) is 95.2 cm³/mol. The Kier molecular flexibility index (Phi) is 5.25. The van der Waals surface area contributed by atoms with Crippen molar-refractivity contribution in [2.75, 3.05) is 11.4 Å². The van der Waals surface area contributed by atoms with Gasteiger partial charge in [-0.05, 0) is 24.3 Å². The minimum atomic E-state index is -0.519. The molecule has 4 nitrogen and oxygen atoms in total. The molecule has 1 aliphatic heterocycles. The third kappa shape index (κ3) is 3.94. The van der Waals surface area contributed by atoms with Crippen LogP contribution in [-0.2, 0) is 16.1 Å². The molecule has 1 atom stereocenters. The first-order chi connectivity index (χ1) is 12.0. The molecule has 130 valence electrons. The maximum Gasteiger partial charge on any atom is 0.227 e. The summed E-state index contributed by atoms with van der Waals surface area (Å²) in [5.41, 5.74) is 0.887. The van der Waals surface area contributed by atoms with E-state index in [2.05, 4.69) is 5.32 Å². The van der Waals surface area contributed by atoms with E-state index in [0.717, 1.165) is 0 Å². The fourth-order valence-electron chi connectivity index (χ4n) is 2.78. The molecule has 1 aliphatic rings. The Balaban J connectivity index is 1.67. The molecule has 0 aliphatic carbocycles. The van der Waals surface area contributed by atoms with Crippen LogP contribution in [0.2, 0.25) is 10.0 Å². The third-order valence-corrected chi connectivity index (χ3v) is 4.66. The van der Waals surface area contributed by atoms with Gasteiger partial charge in [-0.2, -0.15) is 0 Å². The smallest absolute Gasteiger partial charge is 0.227 e. The van der Waals surface area contributed by atoms with Crippen LogP contribution in [0.4, 0.5) is 10.1 Å². The molecule has 1 N–H and O–H groups in total. The van der Waals surface area contributed by atoms with Crippen LogP contribution >= 0.6 is 23.2 Å². The van der Waals surface area contributed by atoms with Gasteiger partial charge >= 0.3 is 0 Å². The minimum Gasteiger partial charge on any atom is -0.352 e. The second-order valence-electron chi connectivity index (χ2n) is 5.81. The molecule has 2 amide bonds. The number of nitrogens with zero attached hydrogens (tertiary/aromatic N) is 1. The number of carbonyl (C=O) groups is 2. The first kappa shape index (κ1) is 17.7. The molecule has 3 rings (SSSR count). The van der Waals surface area contributed by atoms with Crippen LogP contribution in [0, 0.1) is 11.7 Å². The van der Waals surface area contributed by atoms with E-state index in [1.165, 1.54) is 11.0 Å². The average Bonchev–Trinajstić information content (AvgIpc) is 2.98. The number of anilines is 1. The van der Waals surface area contributed by atoms with E-state index in [-0.39, 0.29) is 37.1 Å². The summed E-state index contributed by atoms with van der Waals surface area (Å²) in [5.74, 6) is -1.39. The molecule has 2 aromatic carbocycles. The van der Waals surface area contributed by atoms with E-state index < -0.39 is 5.92 Å². The van der Waals surface area contributed by atoms with E-state index in [9.17, 15) is 14.0 Å². The van der Waals surface area contributed by atoms with Crippen molar-refractivity contribution in [1.82, 2.24) is 5.32 Å². The number of carbonyl (C=O) groups excluding carboxylic acids is 2. The highest BCUT2D eigenvalue weighted by Gasteiger charge is 2.35. The molecule has 0 aromatic heterocycles. The van der Waals surface area contributed by atoms with Gasteiger partial charge in [0.1, 0.15) is 5.82 Å². The number of halogens is 3. The molecule has 1 saturated heterocycles. The molecule has 2 aromatic rings. The standard InChI is InChI=1S/C18H15Cl2FN2O2/c19-13-5-6-14(20)16(8-13)23-10-12(7-17(23)24)18(25)22-9-11-3-1-2-4-15(11)21/h1-6,8,12H,7,9-10H2,(H,22,25). The molecule has 0 spiro atoms. The number of rotatable bonds is 4. The summed E-state index contributed by atoms with van der Waals surface area (Å²) in [7, 11) is 0. The van der Waals surface area contributed by atoms with Crippen LogP contribution < -0.4 is 10.2 Å². The Morgan fingerprint density at radius 3 is 2.76 bits per heavy atom. The van der Waals surface area contributed by atoms with Crippen molar-refractivity contribution >= 4 is 40.7 Å². The first-order valence-electron chi connectivity index (χ1n) is 7.72. The van der Waals surface area contributed by atoms with Crippen LogP contribution in [0.3, 0.4) is 0 Å². The maximum absolute atomic E-state index is 13.6. The molecule has 1 heterocycles. The monoisotopic (exact) mass is 380 g/mol. The van der Waals surface area contributed by atoms with Gasteiger partial charge in [-0.25, -0.2) is 4.39 Å². The van der Waals surface area contributed by atoms with Gasteiger partial charge < -0.3 is 10.2 Å². The Morgan fingerprint density at radius 1 is 1.24 bits per heavy atom. The summed E-state index contributed by atoms with van der Waals surface area (Å²) in [6.45, 7) is 0.288. The molecule has 25 heavy (non-hydrogen) atoms. The summed E-state index contributed by atoms with van der Waals surface area (Å²) in [4.78, 5) is 26.1. The highest BCUT2D eigenvalue weighted by molar-refractivity contribution is 6.35. The quantitative estimate of drug-likeness (QED) is 0.876. The van der Waals surface area contributed by atoms with E-state index in [1.54, 1.807) is 36.4 Å². The second kappa shape index (κ2) is 7.42. The highest BCUT2D eigenvalue weighted by atomic mass is 35.5. The summed E-state index contributed by atoms with van der Waals surface area (Å²) in [6.07, 6.45) is 0.0753. The molecule has 1 unspecified atom stereocenters. The van der Waals surface area contributed by atoms with E-state index in [1.807, 2.05) is 0 Å². The SMILES string of the molecule is O=C(NCc1ccccc1F)C1CC(=O)N(c2cc(Cl)ccc2Cl)C1. The molecule has 1 fully saturated rings. The Labute approximate surface area is 154 Å². The van der Waals surface area contributed by atoms with Crippen molar-refractivity contribution in [3.05, 3.63) is 63.9 Å². The molecular formula is C18H15Cl2FN2O2. The fraction of sp³-hybridized carbons (Fsp3) is 0.222. The third-order valence-electron chi connectivity index (χ3n) is 4.11. The predicted octanol–water partition coefficient (Wildman–Crippen LogP) is 3.80. The van der Waals surface area contributed by atoms with Crippen molar-refractivity contribution in [3.8, 4) is 0 Å². The summed E-state index contributed by atoms with van der Waals surface area (Å²) < 4.78 is 13.6. The van der Waals surface area contributed by atoms with Crippen molar-refractivity contribution in [2.24, 2.45) is 5.92 Å². The number of nitrogens with one attached hydrogen (secondary N) is 1. The van der Waals surface area contributed by atoms with Crippen LogP contribution in [-0.4, -0.2) is 18.4 Å². The van der Waals surface area contributed by atoms with E-state index in [4.69, 9.17) is 23.2 Å². The van der Waals surface area contributed by atoms with Gasteiger partial charge in [-0.15, -0.1) is 0 Å². The van der Waals surface area contributed by atoms with Gasteiger partial charge in [0.2, 0.25) is 11.8 Å². The summed E-state index contributed by atoms with van der Waals surface area (Å²) in [5, 5.41) is 3.54. The zero-order chi connectivity index (χ0) is 18.0. The Bertz CT molecular complexity index is 828. The van der Waals surface area contributed by atoms with Crippen LogP contribution in [0.15, 0.2) is 42.5 Å². The molecule has 7 heteroatoms. The fourth-order valence-corrected chi connectivity index (χ4v) is 3.16. The van der Waals surface area contributed by atoms with Gasteiger partial charge in [0.25, 0.3) is 0 Å². The molecule has 0 bridgehead atoms. The second-order valence-corrected chi connectivity index (χ2v) is 6.65. The number of hydrogen-bond donors (Lipinski definition) is 1. The van der Waals surface area contributed by atoms with Crippen molar-refractivity contribution in [2.45, 2.75) is 13.0 Å². The normalized spacial score (nSPS) is 17.0. The lowest BCUT2D eigenvalue weighted by molar-refractivity contribution is -0.126. The summed E-state index contributed by atoms with van der Waals surface area (Å²) >= 11 is 12.1. The van der Waals surface area contributed by atoms with Crippen molar-refractivity contribution < 1.29 is 14.0 Å². The minimum absolute atomic E-state index is 0.0753. The van der Waals surface area contributed by atoms with E-state index >= 15 is 0 Å². The van der Waals surface area contributed by atoms with Crippen molar-refractivity contribution in [1.29, 1.82) is 0 Å². The van der Waals surface area contributed by atoms with Gasteiger partial charge in [0, 0.05) is 30.1 Å². The molecular weight excluding hydrogens is 366 g/mol. The Morgan fingerprint density at radius 2 is 2.00 bits per heavy atom. The maximum atomic E-state index is 13.6. The van der Waals surface area contributed by atoms with Crippen LogP contribution in [0.5, 0.6) is 0 Å². The zero-order valence-electron chi connectivity index (χ0n) is 13.1. The number of hydrogen-bond acceptors (Lipinski definition) is 2. The highest BCUT2D eigenvalue weighted by Crippen LogP contribution is 2.33. The lowest BCUT2D eigenvalue weighted by Crippen LogP contribution is -2.32. The molecule has 0 saturated carbocycles. The van der Waals surface area contributed by atoms with Crippen molar-refractivity contribution in [3.63, 3.8) is 0 Å². The van der Waals surface area contributed by atoms with Gasteiger partial charge in [0.15, 0.2) is 0 Å². The lowest BCUT2D eigenvalue weighted by Gasteiger charge is -2.18. The van der Waals surface area contributed by atoms with E-state index in [0.29, 0.717) is 21.3 Å². The van der Waals surface area contributed by atoms with Gasteiger partial charge in [0.05, 0.1) is 16.6 Å². The average molecular weight is 381 g/mol. The zero-order valence-corrected chi connectivity index (χ0v) is 14.6. The van der Waals surface area contributed by atoms with Crippen LogP contribution in [0.25, 0.3) is 0 Å². The first-order valence-corrected chi connectivity index (χ1v) is 8.48. The lowest BCUT2D eigenvalue weighted by atomic mass is 10.1.